The lowest BCUT2D eigenvalue weighted by Crippen LogP contribution is -2.50. The minimum Gasteiger partial charge on any atom is -0.422 e. The third-order valence-corrected chi connectivity index (χ3v) is 7.95. The van der Waals surface area contributed by atoms with Crippen molar-refractivity contribution in [1.82, 2.24) is 4.48 Å². The van der Waals surface area contributed by atoms with Crippen molar-refractivity contribution in [1.29, 1.82) is 0 Å². The Hall–Kier alpha value is -3.57. The molecule has 5 heterocycles. The van der Waals surface area contributed by atoms with Gasteiger partial charge < -0.3 is 22.0 Å². The van der Waals surface area contributed by atoms with Crippen LogP contribution in [0.15, 0.2) is 50.8 Å². The molecule has 3 aromatic rings. The van der Waals surface area contributed by atoms with Crippen LogP contribution in [0, 0.1) is 18.8 Å². The van der Waals surface area contributed by atoms with Gasteiger partial charge in [-0.2, -0.15) is 11.8 Å². The third-order valence-electron chi connectivity index (χ3n) is 6.94. The van der Waals surface area contributed by atoms with Crippen LogP contribution in [0.2, 0.25) is 0 Å². The SMILES string of the molecule is CC1=CC(C)=[N+]2C1=Cc1c(C)cc(/C=C/c3cc4cc5c(cc4oc3=O)C#CCCSC5)n1[B-]2(F)F. The van der Waals surface area contributed by atoms with E-state index in [4.69, 9.17) is 4.42 Å². The molecule has 0 spiro atoms. The van der Waals surface area contributed by atoms with Crippen LogP contribution in [-0.4, -0.2) is 27.4 Å². The number of thioether (sulfide) groups is 1. The molecule has 0 amide bonds. The van der Waals surface area contributed by atoms with E-state index in [9.17, 15) is 4.79 Å². The molecule has 0 bridgehead atoms. The Labute approximate surface area is 211 Å². The molecule has 6 rings (SSSR count). The summed E-state index contributed by atoms with van der Waals surface area (Å²) in [5, 5.41) is 0.787. The van der Waals surface area contributed by atoms with Gasteiger partial charge in [0.15, 0.2) is 5.70 Å². The Morgan fingerprint density at radius 2 is 1.97 bits per heavy atom. The summed E-state index contributed by atoms with van der Waals surface area (Å²) in [6.07, 6.45) is 7.57. The maximum Gasteiger partial charge on any atom is 0.737 e. The molecule has 0 unspecified atom stereocenters. The normalized spacial score (nSPS) is 18.1. The number of rotatable bonds is 2. The number of hydrogen-bond acceptors (Lipinski definition) is 3. The molecule has 0 saturated heterocycles. The molecule has 0 N–H and O–H groups in total. The van der Waals surface area contributed by atoms with Gasteiger partial charge in [0, 0.05) is 64.9 Å². The standard InChI is InChI=1S/C28H23BF2N2O2S/c1-17-10-19(3)32-25(17)15-26-18(2)11-24(33(26)29(32,30)31)8-7-21-12-22-13-23-16-36-9-5-4-6-20(23)14-27(22)35-28(21)34/h7-8,10-15H,5,9,16H2,1-3H3/b8-7+. The lowest BCUT2D eigenvalue weighted by molar-refractivity contribution is -0.362. The van der Waals surface area contributed by atoms with Crippen molar-refractivity contribution in [2.75, 3.05) is 5.75 Å². The summed E-state index contributed by atoms with van der Waals surface area (Å²) >= 11 is 1.82. The smallest absolute Gasteiger partial charge is 0.422 e. The van der Waals surface area contributed by atoms with Crippen LogP contribution in [0.25, 0.3) is 29.2 Å². The molecule has 8 heteroatoms. The van der Waals surface area contributed by atoms with E-state index in [2.05, 4.69) is 11.8 Å². The first-order valence-corrected chi connectivity index (χ1v) is 13.0. The Bertz CT molecular complexity index is 1730. The lowest BCUT2D eigenvalue weighted by Gasteiger charge is -2.30. The molecule has 3 aliphatic rings. The third kappa shape index (κ3) is 3.53. The largest absolute Gasteiger partial charge is 0.737 e. The van der Waals surface area contributed by atoms with E-state index >= 15 is 8.63 Å². The van der Waals surface area contributed by atoms with Gasteiger partial charge in [-0.05, 0) is 61.4 Å². The Morgan fingerprint density at radius 3 is 2.81 bits per heavy atom. The van der Waals surface area contributed by atoms with E-state index in [0.29, 0.717) is 33.9 Å². The van der Waals surface area contributed by atoms with Crippen LogP contribution in [-0.2, 0) is 5.75 Å². The number of benzene rings is 1. The van der Waals surface area contributed by atoms with E-state index < -0.39 is 12.6 Å². The van der Waals surface area contributed by atoms with Gasteiger partial charge in [0.25, 0.3) is 0 Å². The van der Waals surface area contributed by atoms with Gasteiger partial charge in [-0.3, -0.25) is 0 Å². The highest BCUT2D eigenvalue weighted by atomic mass is 32.2. The van der Waals surface area contributed by atoms with Crippen molar-refractivity contribution in [2.24, 2.45) is 0 Å². The molecule has 0 atom stereocenters. The molecule has 3 aliphatic heterocycles. The van der Waals surface area contributed by atoms with Crippen molar-refractivity contribution in [2.45, 2.75) is 32.9 Å². The van der Waals surface area contributed by atoms with E-state index in [1.807, 2.05) is 43.8 Å². The Morgan fingerprint density at radius 1 is 1.14 bits per heavy atom. The monoisotopic (exact) mass is 500 g/mol. The first-order valence-electron chi connectivity index (χ1n) is 11.9. The zero-order valence-electron chi connectivity index (χ0n) is 20.2. The first kappa shape index (κ1) is 22.9. The molecule has 2 aromatic heterocycles. The molecule has 0 radical (unpaired) electrons. The van der Waals surface area contributed by atoms with Gasteiger partial charge in [0.2, 0.25) is 0 Å². The molecular weight excluding hydrogens is 477 g/mol. The molecule has 36 heavy (non-hydrogen) atoms. The highest BCUT2D eigenvalue weighted by Crippen LogP contribution is 2.37. The van der Waals surface area contributed by atoms with Crippen molar-refractivity contribution in [3.63, 3.8) is 0 Å². The van der Waals surface area contributed by atoms with Crippen LogP contribution in [0.3, 0.4) is 0 Å². The fraction of sp³-hybridized carbons (Fsp3) is 0.214. The van der Waals surface area contributed by atoms with Gasteiger partial charge in [0.1, 0.15) is 11.3 Å². The predicted octanol–water partition coefficient (Wildman–Crippen LogP) is 6.07. The number of aryl methyl sites for hydroxylation is 1. The van der Waals surface area contributed by atoms with Crippen LogP contribution in [0.4, 0.5) is 8.63 Å². The quantitative estimate of drug-likeness (QED) is 0.244. The second-order valence-electron chi connectivity index (χ2n) is 9.44. The summed E-state index contributed by atoms with van der Waals surface area (Å²) in [6, 6.07) is 7.32. The summed E-state index contributed by atoms with van der Waals surface area (Å²) in [5.74, 6) is 8.15. The van der Waals surface area contributed by atoms with E-state index in [-0.39, 0.29) is 0 Å². The van der Waals surface area contributed by atoms with Crippen LogP contribution >= 0.6 is 11.8 Å². The molecule has 0 aliphatic carbocycles. The van der Waals surface area contributed by atoms with Gasteiger partial charge in [-0.25, -0.2) is 4.79 Å². The molecule has 4 nitrogen and oxygen atoms in total. The zero-order chi connectivity index (χ0) is 25.2. The Balaban J connectivity index is 1.44. The second-order valence-corrected chi connectivity index (χ2v) is 10.5. The van der Waals surface area contributed by atoms with Crippen molar-refractivity contribution >= 4 is 53.6 Å². The molecular formula is C28H23BF2N2O2S. The summed E-state index contributed by atoms with van der Waals surface area (Å²) in [7, 11) is 0. The zero-order valence-corrected chi connectivity index (χ0v) is 21.0. The van der Waals surface area contributed by atoms with E-state index in [1.54, 1.807) is 37.3 Å². The summed E-state index contributed by atoms with van der Waals surface area (Å²) in [5.41, 5.74) is 5.70. The number of nitrogens with zero attached hydrogens (tertiary/aromatic N) is 2. The minimum absolute atomic E-state index is 0.310. The number of fused-ring (bicyclic) bond motifs is 4. The number of halogens is 2. The van der Waals surface area contributed by atoms with Gasteiger partial charge in [0.05, 0.1) is 5.56 Å². The van der Waals surface area contributed by atoms with Gasteiger partial charge in [-0.15, -0.1) is 0 Å². The summed E-state index contributed by atoms with van der Waals surface area (Å²) < 4.78 is 39.4. The predicted molar refractivity (Wildman–Crippen MR) is 144 cm³/mol. The minimum atomic E-state index is -4.09. The van der Waals surface area contributed by atoms with Crippen LogP contribution < -0.4 is 5.63 Å². The van der Waals surface area contributed by atoms with Crippen molar-refractivity contribution in [3.05, 3.63) is 85.7 Å². The van der Waals surface area contributed by atoms with Crippen molar-refractivity contribution < 1.29 is 17.5 Å². The highest BCUT2D eigenvalue weighted by Gasteiger charge is 2.53. The van der Waals surface area contributed by atoms with Gasteiger partial charge in [-0.1, -0.05) is 11.8 Å². The number of allylic oxidation sites excluding steroid dienone is 2. The average molecular weight is 500 g/mol. The Kier molecular flexibility index (Phi) is 5.24. The fourth-order valence-corrected chi connectivity index (χ4v) is 6.10. The van der Waals surface area contributed by atoms with Crippen LogP contribution in [0.5, 0.6) is 0 Å². The average Bonchev–Trinajstić information content (AvgIpc) is 3.29. The van der Waals surface area contributed by atoms with E-state index in [1.165, 1.54) is 0 Å². The highest BCUT2D eigenvalue weighted by molar-refractivity contribution is 7.98. The number of hydrogen-bond donors (Lipinski definition) is 0. The maximum absolute atomic E-state index is 15.8. The van der Waals surface area contributed by atoms with Gasteiger partial charge >= 0.3 is 12.6 Å². The number of aromatic nitrogens is 1. The molecule has 0 saturated carbocycles. The summed E-state index contributed by atoms with van der Waals surface area (Å²) in [4.78, 5) is 12.8. The fourth-order valence-electron chi connectivity index (χ4n) is 5.25. The summed E-state index contributed by atoms with van der Waals surface area (Å²) in [6.45, 7) is 1.29. The topological polar surface area (TPSA) is 38.1 Å². The molecule has 0 fully saturated rings. The van der Waals surface area contributed by atoms with Crippen molar-refractivity contribution in [3.8, 4) is 11.8 Å². The lowest BCUT2D eigenvalue weighted by atomic mass is 9.89. The molecule has 180 valence electrons. The van der Waals surface area contributed by atoms with E-state index in [0.717, 1.165) is 54.5 Å². The first-order chi connectivity index (χ1) is 17.2. The maximum atomic E-state index is 15.8. The van der Waals surface area contributed by atoms with Crippen LogP contribution in [0.1, 0.15) is 53.9 Å². The second kappa shape index (κ2) is 8.24. The molecule has 1 aromatic carbocycles.